The van der Waals surface area contributed by atoms with E-state index < -0.39 is 0 Å². The van der Waals surface area contributed by atoms with E-state index in [9.17, 15) is 4.79 Å². The number of amides is 1. The Kier molecular flexibility index (Phi) is 7.43. The maximum Gasteiger partial charge on any atom is 0.251 e. The SMILES string of the molecule is CC1CCCCN1CCCNC(=O)c1ccc2c(c1)N=C(CCN)c1ccccc1S2. The molecule has 2 aromatic carbocycles. The van der Waals surface area contributed by atoms with E-state index in [0.717, 1.165) is 34.8 Å². The van der Waals surface area contributed by atoms with E-state index in [2.05, 4.69) is 29.3 Å². The molecule has 3 N–H and O–H groups in total. The third-order valence-corrected chi connectivity index (χ3v) is 7.26. The Balaban J connectivity index is 1.42. The average molecular weight is 437 g/mol. The molecule has 1 saturated heterocycles. The van der Waals surface area contributed by atoms with E-state index >= 15 is 0 Å². The molecule has 6 heteroatoms. The zero-order chi connectivity index (χ0) is 21.6. The highest BCUT2D eigenvalue weighted by molar-refractivity contribution is 7.99. The van der Waals surface area contributed by atoms with Gasteiger partial charge >= 0.3 is 0 Å². The predicted octanol–water partition coefficient (Wildman–Crippen LogP) is 4.62. The first kappa shape index (κ1) is 22.1. The summed E-state index contributed by atoms with van der Waals surface area (Å²) in [6.07, 6.45) is 5.61. The number of carbonyl (C=O) groups excluding carboxylic acids is 1. The van der Waals surface area contributed by atoms with Gasteiger partial charge < -0.3 is 16.0 Å². The van der Waals surface area contributed by atoms with Gasteiger partial charge in [0.25, 0.3) is 5.91 Å². The highest BCUT2D eigenvalue weighted by Crippen LogP contribution is 2.41. The number of nitrogens with two attached hydrogens (primary N) is 1. The van der Waals surface area contributed by atoms with Crippen molar-refractivity contribution in [3.05, 3.63) is 53.6 Å². The molecule has 31 heavy (non-hydrogen) atoms. The fourth-order valence-corrected chi connectivity index (χ4v) is 5.38. The fraction of sp³-hybridized carbons (Fsp3) is 0.440. The molecule has 0 spiro atoms. The first-order chi connectivity index (χ1) is 15.2. The van der Waals surface area contributed by atoms with Crippen LogP contribution in [0.4, 0.5) is 5.69 Å². The lowest BCUT2D eigenvalue weighted by Crippen LogP contribution is -2.39. The van der Waals surface area contributed by atoms with Gasteiger partial charge in [-0.15, -0.1) is 0 Å². The Bertz CT molecular complexity index is 958. The second kappa shape index (κ2) is 10.4. The molecule has 5 nitrogen and oxygen atoms in total. The van der Waals surface area contributed by atoms with Crippen molar-refractivity contribution in [2.24, 2.45) is 10.7 Å². The number of hydrogen-bond donors (Lipinski definition) is 2. The van der Waals surface area contributed by atoms with E-state index in [-0.39, 0.29) is 5.91 Å². The van der Waals surface area contributed by atoms with Gasteiger partial charge in [0.1, 0.15) is 0 Å². The standard InChI is InChI=1S/C25H32N4OS/c1-18-7-4-5-15-29(18)16-6-14-27-25(30)19-10-11-24-22(17-19)28-21(12-13-26)20-8-2-3-9-23(20)31-24/h2-3,8-11,17-18H,4-7,12-16,26H2,1H3,(H,27,30). The number of hydrogen-bond acceptors (Lipinski definition) is 5. The molecule has 4 rings (SSSR count). The summed E-state index contributed by atoms with van der Waals surface area (Å²) in [5.41, 5.74) is 9.46. The molecule has 2 aliphatic heterocycles. The molecule has 2 aliphatic rings. The van der Waals surface area contributed by atoms with E-state index in [0.29, 0.717) is 31.1 Å². The van der Waals surface area contributed by atoms with E-state index in [1.807, 2.05) is 30.3 Å². The largest absolute Gasteiger partial charge is 0.352 e. The van der Waals surface area contributed by atoms with Gasteiger partial charge in [-0.05, 0) is 63.5 Å². The normalized spacial score (nSPS) is 18.5. The number of nitrogens with one attached hydrogen (secondary N) is 1. The summed E-state index contributed by atoms with van der Waals surface area (Å²) in [5, 5.41) is 3.09. The minimum atomic E-state index is -0.0307. The number of nitrogens with zero attached hydrogens (tertiary/aromatic N) is 2. The highest BCUT2D eigenvalue weighted by atomic mass is 32.2. The lowest BCUT2D eigenvalue weighted by Gasteiger charge is -2.33. The van der Waals surface area contributed by atoms with Crippen LogP contribution in [0.5, 0.6) is 0 Å². The van der Waals surface area contributed by atoms with Crippen molar-refractivity contribution in [3.8, 4) is 0 Å². The van der Waals surface area contributed by atoms with Crippen molar-refractivity contribution < 1.29 is 4.79 Å². The number of piperidine rings is 1. The molecule has 0 aromatic heterocycles. The molecule has 0 saturated carbocycles. The number of aliphatic imine (C=N–C) groups is 1. The Morgan fingerprint density at radius 2 is 2.10 bits per heavy atom. The molecule has 0 radical (unpaired) electrons. The van der Waals surface area contributed by atoms with Crippen LogP contribution in [0.2, 0.25) is 0 Å². The quantitative estimate of drug-likeness (QED) is 0.622. The van der Waals surface area contributed by atoms with Gasteiger partial charge in [-0.1, -0.05) is 36.4 Å². The predicted molar refractivity (Wildman–Crippen MR) is 129 cm³/mol. The maximum atomic E-state index is 12.8. The zero-order valence-corrected chi connectivity index (χ0v) is 19.1. The van der Waals surface area contributed by atoms with Crippen molar-refractivity contribution in [2.45, 2.75) is 54.9 Å². The van der Waals surface area contributed by atoms with Gasteiger partial charge in [0.05, 0.1) is 11.4 Å². The topological polar surface area (TPSA) is 70.7 Å². The average Bonchev–Trinajstić information content (AvgIpc) is 2.94. The number of likely N-dealkylation sites (tertiary alicyclic amines) is 1. The monoisotopic (exact) mass is 436 g/mol. The van der Waals surface area contributed by atoms with Gasteiger partial charge in [-0.2, -0.15) is 0 Å². The molecule has 164 valence electrons. The van der Waals surface area contributed by atoms with E-state index in [1.165, 1.54) is 30.7 Å². The highest BCUT2D eigenvalue weighted by Gasteiger charge is 2.19. The molecular formula is C25H32N4OS. The van der Waals surface area contributed by atoms with Crippen LogP contribution < -0.4 is 11.1 Å². The third kappa shape index (κ3) is 5.37. The zero-order valence-electron chi connectivity index (χ0n) is 18.3. The molecule has 1 unspecified atom stereocenters. The molecule has 0 aliphatic carbocycles. The van der Waals surface area contributed by atoms with Crippen LogP contribution in [0.25, 0.3) is 0 Å². The van der Waals surface area contributed by atoms with Crippen LogP contribution in [0.3, 0.4) is 0 Å². The van der Waals surface area contributed by atoms with Crippen LogP contribution >= 0.6 is 11.8 Å². The molecule has 0 bridgehead atoms. The van der Waals surface area contributed by atoms with Crippen molar-refractivity contribution >= 4 is 29.1 Å². The molecule has 1 fully saturated rings. The lowest BCUT2D eigenvalue weighted by atomic mass is 10.0. The van der Waals surface area contributed by atoms with E-state index in [4.69, 9.17) is 10.7 Å². The summed E-state index contributed by atoms with van der Waals surface area (Å²) in [6.45, 7) is 5.78. The summed E-state index contributed by atoms with van der Waals surface area (Å²) in [4.78, 5) is 22.5. The summed E-state index contributed by atoms with van der Waals surface area (Å²) in [6, 6.07) is 14.8. The first-order valence-electron chi connectivity index (χ1n) is 11.4. The van der Waals surface area contributed by atoms with Crippen molar-refractivity contribution in [1.29, 1.82) is 0 Å². The van der Waals surface area contributed by atoms with Crippen LogP contribution in [0.1, 0.15) is 54.9 Å². The van der Waals surface area contributed by atoms with E-state index in [1.54, 1.807) is 11.8 Å². The Hall–Kier alpha value is -2.15. The summed E-state index contributed by atoms with van der Waals surface area (Å²) in [7, 11) is 0. The Morgan fingerprint density at radius 1 is 1.23 bits per heavy atom. The van der Waals surface area contributed by atoms with Crippen LogP contribution in [0.15, 0.2) is 57.2 Å². The lowest BCUT2D eigenvalue weighted by molar-refractivity contribution is 0.0949. The van der Waals surface area contributed by atoms with Gasteiger partial charge in [0.2, 0.25) is 0 Å². The van der Waals surface area contributed by atoms with Gasteiger partial charge in [-0.3, -0.25) is 9.79 Å². The minimum absolute atomic E-state index is 0.0307. The molecule has 2 heterocycles. The minimum Gasteiger partial charge on any atom is -0.352 e. The summed E-state index contributed by atoms with van der Waals surface area (Å²) >= 11 is 1.70. The molecule has 1 atom stereocenters. The first-order valence-corrected chi connectivity index (χ1v) is 12.2. The fourth-order valence-electron chi connectivity index (χ4n) is 4.35. The summed E-state index contributed by atoms with van der Waals surface area (Å²) < 4.78 is 0. The van der Waals surface area contributed by atoms with Crippen LogP contribution in [-0.2, 0) is 0 Å². The van der Waals surface area contributed by atoms with Crippen LogP contribution in [-0.4, -0.2) is 48.7 Å². The Morgan fingerprint density at radius 3 is 2.94 bits per heavy atom. The van der Waals surface area contributed by atoms with Crippen molar-refractivity contribution in [3.63, 3.8) is 0 Å². The van der Waals surface area contributed by atoms with Crippen molar-refractivity contribution in [1.82, 2.24) is 10.2 Å². The summed E-state index contributed by atoms with van der Waals surface area (Å²) in [5.74, 6) is -0.0307. The van der Waals surface area contributed by atoms with Crippen LogP contribution in [0, 0.1) is 0 Å². The Labute approximate surface area is 189 Å². The number of fused-ring (bicyclic) bond motifs is 2. The molecular weight excluding hydrogens is 404 g/mol. The second-order valence-electron chi connectivity index (χ2n) is 8.37. The number of rotatable bonds is 7. The number of carbonyl (C=O) groups is 1. The van der Waals surface area contributed by atoms with Gasteiger partial charge in [-0.25, -0.2) is 0 Å². The molecule has 2 aromatic rings. The van der Waals surface area contributed by atoms with Gasteiger partial charge in [0.15, 0.2) is 0 Å². The van der Waals surface area contributed by atoms with Gasteiger partial charge in [0, 0.05) is 46.5 Å². The number of benzene rings is 2. The third-order valence-electron chi connectivity index (χ3n) is 6.12. The molecule has 1 amide bonds. The maximum absolute atomic E-state index is 12.8. The smallest absolute Gasteiger partial charge is 0.251 e. The van der Waals surface area contributed by atoms with Crippen molar-refractivity contribution in [2.75, 3.05) is 26.2 Å². The second-order valence-corrected chi connectivity index (χ2v) is 9.45.